The summed E-state index contributed by atoms with van der Waals surface area (Å²) in [6, 6.07) is 26.2. The number of benzene rings is 10. The molecule has 0 fully saturated rings. The van der Waals surface area contributed by atoms with E-state index in [9.17, 15) is 183 Å². The number of anilines is 6. The molecule has 0 aliphatic carbocycles. The molecule has 0 aromatic heterocycles. The van der Waals surface area contributed by atoms with Gasteiger partial charge in [0.25, 0.3) is 45.9 Å². The normalized spacial score (nSPS) is 11.7. The van der Waals surface area contributed by atoms with Crippen LogP contribution >= 0.6 is 23.2 Å². The van der Waals surface area contributed by atoms with Crippen LogP contribution in [0.25, 0.3) is 0 Å². The number of nitro groups is 3. The second-order valence-electron chi connectivity index (χ2n) is 24.4. The molecule has 676 valence electrons. The molecule has 0 heterocycles. The minimum Gasteiger partial charge on any atom is -0.507 e. The van der Waals surface area contributed by atoms with Gasteiger partial charge in [-0.25, -0.2) is 4.79 Å². The lowest BCUT2D eigenvalue weighted by molar-refractivity contribution is -0.385. The Balaban J connectivity index is 0.000000280. The number of aromatic hydroxyl groups is 1. The van der Waals surface area contributed by atoms with Crippen molar-refractivity contribution < 1.29 is 172 Å². The fourth-order valence-electron chi connectivity index (χ4n) is 9.47. The summed E-state index contributed by atoms with van der Waals surface area (Å²) in [4.78, 5) is 98.8. The number of hydrogen-bond acceptors (Lipinski definition) is 15. The van der Waals surface area contributed by atoms with Crippen LogP contribution in [0.2, 0.25) is 5.02 Å². The molecule has 127 heavy (non-hydrogen) atoms. The number of halogens is 29. The maximum Gasteiger partial charge on any atom is 0.416 e. The summed E-state index contributed by atoms with van der Waals surface area (Å²) in [5.41, 5.74) is -5.64. The Morgan fingerprint density at radius 2 is 0.543 bits per heavy atom. The van der Waals surface area contributed by atoms with E-state index in [1.165, 1.54) is 18.2 Å². The van der Waals surface area contributed by atoms with Gasteiger partial charge in [-0.2, -0.15) is 119 Å². The van der Waals surface area contributed by atoms with E-state index in [2.05, 4.69) is 21.3 Å². The maximum atomic E-state index is 13.2. The van der Waals surface area contributed by atoms with Gasteiger partial charge in [0.15, 0.2) is 0 Å². The largest absolute Gasteiger partial charge is 0.507 e. The van der Waals surface area contributed by atoms with E-state index in [0.717, 1.165) is 84.9 Å². The molecule has 10 N–H and O–H groups in total. The topological polar surface area (TPSA) is 372 Å². The highest BCUT2D eigenvalue weighted by atomic mass is 35.5. The molecule has 4 amide bonds. The van der Waals surface area contributed by atoms with Crippen LogP contribution in [-0.2, 0) is 55.6 Å². The quantitative estimate of drug-likeness (QED) is 0.0175. The molecular weight excluding hydrogens is 1830 g/mol. The summed E-state index contributed by atoms with van der Waals surface area (Å²) in [5.74, 6) is -6.19. The number of rotatable bonds is 13. The van der Waals surface area contributed by atoms with Crippen LogP contribution in [-0.4, -0.2) is 59.8 Å². The first kappa shape index (κ1) is 103. The van der Waals surface area contributed by atoms with E-state index < -0.39 is 212 Å². The monoisotopic (exact) mass is 1880 g/mol. The molecule has 0 unspecified atom stereocenters. The number of phenols is 1. The van der Waals surface area contributed by atoms with Crippen LogP contribution in [0, 0.1) is 30.3 Å². The molecule has 10 rings (SSSR count). The Morgan fingerprint density at radius 3 is 0.850 bits per heavy atom. The van der Waals surface area contributed by atoms with E-state index >= 15 is 0 Å². The smallest absolute Gasteiger partial charge is 0.416 e. The zero-order valence-corrected chi connectivity index (χ0v) is 62.9. The number of carbonyl (C=O) groups is 6. The molecule has 0 aliphatic rings. The first-order valence-electron chi connectivity index (χ1n) is 33.0. The van der Waals surface area contributed by atoms with E-state index in [0.29, 0.717) is 90.6 Å². The fraction of sp³-hybridized carbons (Fsp3) is 0.120. The van der Waals surface area contributed by atoms with Gasteiger partial charge in [0.2, 0.25) is 0 Å². The lowest BCUT2D eigenvalue weighted by atomic mass is 10.1. The van der Waals surface area contributed by atoms with E-state index in [4.69, 9.17) is 39.8 Å². The zero-order chi connectivity index (χ0) is 96.6. The highest BCUT2D eigenvalue weighted by molar-refractivity contribution is 6.68. The standard InChI is InChI=1S/C22H13ClF6N2O3.C15H8F6N2O3.C15H10F6N2O.C8H3ClF3NO3.C8H4F3NO4.C7H6F3N/c23-13-4-8-16(18(32)10-13)20(34)31-17-9-12(22(27,28)29)3-7-15(17)19(33)30-14-5-1-11(2-6-14)21(24,25)26;16-14(17,18)8-1-4-10(5-2-8)22-13(24)11-6-3-9(15(19,20)21)7-12(11)23(25)26;16-14(17,18)8-1-4-10(5-2-8)23-13(24)11-6-3-9(7-12(11)22)15(19,20)21;9-7(14)5-2-1-4(8(10,11)12)3-6(5)13(15)16;9-8(10,11)4-1-2-5(7(13)14)6(3-4)12(15)16;8-7(9,10)5-1-3-6(11)4-2-5/h1-10,32H,(H,30,33)(H,31,34);1-7H,(H,22,24);1-7H,22H2,(H,23,24);1-3H;1-3H,(H,13,14);1-4H,11H2. The Morgan fingerprint density at radius 1 is 0.299 bits per heavy atom. The number of nitrogens with zero attached hydrogens (tertiary/aromatic N) is 3. The molecule has 0 saturated carbocycles. The van der Waals surface area contributed by atoms with Gasteiger partial charge in [0.05, 0.1) is 87.2 Å². The molecular formula is C75H44Cl2F27N9O14. The highest BCUT2D eigenvalue weighted by Crippen LogP contribution is 2.41. The molecule has 0 radical (unpaired) electrons. The average molecular weight is 1880 g/mol. The molecule has 0 aliphatic heterocycles. The van der Waals surface area contributed by atoms with E-state index in [1.807, 2.05) is 0 Å². The van der Waals surface area contributed by atoms with Gasteiger partial charge >= 0.3 is 61.6 Å². The molecule has 10 aromatic rings. The zero-order valence-electron chi connectivity index (χ0n) is 61.4. The molecule has 0 spiro atoms. The number of aromatic carboxylic acids is 1. The van der Waals surface area contributed by atoms with Crippen molar-refractivity contribution in [3.8, 4) is 5.75 Å². The summed E-state index contributed by atoms with van der Waals surface area (Å²) >= 11 is 10.7. The van der Waals surface area contributed by atoms with Crippen molar-refractivity contribution in [3.63, 3.8) is 0 Å². The van der Waals surface area contributed by atoms with E-state index in [-0.39, 0.29) is 51.4 Å². The van der Waals surface area contributed by atoms with Gasteiger partial charge in [0, 0.05) is 51.7 Å². The lowest BCUT2D eigenvalue weighted by Crippen LogP contribution is -2.19. The first-order chi connectivity index (χ1) is 58.1. The van der Waals surface area contributed by atoms with Crippen molar-refractivity contribution in [3.05, 3.63) is 325 Å². The summed E-state index contributed by atoms with van der Waals surface area (Å²) in [6.07, 6.45) is -41.7. The third kappa shape index (κ3) is 30.5. The fourth-order valence-corrected chi connectivity index (χ4v) is 9.79. The number of nitrogen functional groups attached to an aromatic ring is 2. The van der Waals surface area contributed by atoms with Crippen molar-refractivity contribution in [2.75, 3.05) is 32.7 Å². The first-order valence-corrected chi connectivity index (χ1v) is 33.7. The number of nitrogens with two attached hydrogens (primary N) is 2. The van der Waals surface area contributed by atoms with Gasteiger partial charge in [0.1, 0.15) is 22.4 Å². The van der Waals surface area contributed by atoms with Crippen LogP contribution in [0.1, 0.15) is 112 Å². The predicted molar refractivity (Wildman–Crippen MR) is 394 cm³/mol. The summed E-state index contributed by atoms with van der Waals surface area (Å²) < 4.78 is 337. The molecule has 10 aromatic carbocycles. The Hall–Kier alpha value is -14.5. The lowest BCUT2D eigenvalue weighted by Gasteiger charge is -2.15. The second kappa shape index (κ2) is 40.9. The van der Waals surface area contributed by atoms with Crippen LogP contribution in [0.15, 0.2) is 206 Å². The van der Waals surface area contributed by atoms with E-state index in [1.54, 1.807) is 0 Å². The molecule has 0 bridgehead atoms. The summed E-state index contributed by atoms with van der Waals surface area (Å²) in [5, 5.41) is 57.9. The van der Waals surface area contributed by atoms with Crippen molar-refractivity contribution in [2.45, 2.75) is 55.6 Å². The number of carboxylic acid groups (broad SMARTS) is 1. The molecule has 0 saturated heterocycles. The molecule has 23 nitrogen and oxygen atoms in total. The maximum absolute atomic E-state index is 13.2. The third-order valence-corrected chi connectivity index (χ3v) is 16.0. The Labute approximate surface area is 698 Å². The Kier molecular flexibility index (Phi) is 33.2. The van der Waals surface area contributed by atoms with Gasteiger partial charge < -0.3 is 42.9 Å². The SMILES string of the molecule is Nc1cc(C(F)(F)F)ccc1C(=O)Nc1ccc(C(F)(F)F)cc1.Nc1ccc(C(F)(F)F)cc1.O=C(Cl)c1ccc(C(F)(F)F)cc1[N+](=O)[O-].O=C(Nc1cc(C(F)(F)F)ccc1C(=O)Nc1ccc(C(F)(F)F)cc1)c1ccc(Cl)cc1O.O=C(Nc1ccc(C(F)(F)F)cc1)c1ccc(C(F)(F)F)cc1[N+](=O)[O-].O=C(O)c1ccc(C(F)(F)F)cc1[N+](=O)[O-]. The summed E-state index contributed by atoms with van der Waals surface area (Å²) in [7, 11) is 0. The third-order valence-electron chi connectivity index (χ3n) is 15.6. The highest BCUT2D eigenvalue weighted by Gasteiger charge is 2.40. The van der Waals surface area contributed by atoms with Gasteiger partial charge in [-0.1, -0.05) is 11.6 Å². The van der Waals surface area contributed by atoms with Crippen LogP contribution in [0.3, 0.4) is 0 Å². The van der Waals surface area contributed by atoms with Crippen molar-refractivity contribution >= 4 is 109 Å². The number of hydrogen-bond donors (Lipinski definition) is 8. The van der Waals surface area contributed by atoms with Crippen molar-refractivity contribution in [2.24, 2.45) is 0 Å². The van der Waals surface area contributed by atoms with Crippen molar-refractivity contribution in [1.82, 2.24) is 0 Å². The average Bonchev–Trinajstić information content (AvgIpc) is 0.814. The second-order valence-corrected chi connectivity index (χ2v) is 25.2. The van der Waals surface area contributed by atoms with Gasteiger partial charge in [-0.05, 0) is 200 Å². The van der Waals surface area contributed by atoms with Crippen LogP contribution in [0.4, 0.5) is 170 Å². The number of nitro benzene ring substituents is 3. The van der Waals surface area contributed by atoms with Crippen LogP contribution in [0.5, 0.6) is 5.75 Å². The van der Waals surface area contributed by atoms with Crippen LogP contribution < -0.4 is 32.7 Å². The number of nitrogens with one attached hydrogen (secondary N) is 4. The summed E-state index contributed by atoms with van der Waals surface area (Å²) in [6.45, 7) is 0. The van der Waals surface area contributed by atoms with Gasteiger partial charge in [-0.15, -0.1) is 0 Å². The minimum absolute atomic E-state index is 0.0484. The number of phenolic OH excluding ortho intramolecular Hbond substituents is 1. The Bertz CT molecular complexity index is 5630. The van der Waals surface area contributed by atoms with Gasteiger partial charge in [-0.3, -0.25) is 54.3 Å². The molecule has 0 atom stereocenters. The number of carboxylic acids is 1. The number of carbonyl (C=O) groups excluding carboxylic acids is 5. The molecule has 52 heteroatoms. The number of alkyl halides is 27. The minimum atomic E-state index is -4.84. The van der Waals surface area contributed by atoms with Crippen molar-refractivity contribution in [1.29, 1.82) is 0 Å². The number of amides is 4. The predicted octanol–water partition coefficient (Wildman–Crippen LogP) is 23.6.